The van der Waals surface area contributed by atoms with Gasteiger partial charge in [-0.15, -0.1) is 0 Å². The quantitative estimate of drug-likeness (QED) is 0.622. The second kappa shape index (κ2) is 6.99. The van der Waals surface area contributed by atoms with Crippen LogP contribution in [0.25, 0.3) is 10.9 Å². The van der Waals surface area contributed by atoms with Crippen molar-refractivity contribution in [2.75, 3.05) is 0 Å². The smallest absolute Gasteiger partial charge is 0.260 e. The van der Waals surface area contributed by atoms with E-state index in [0.717, 1.165) is 22.6 Å². The first kappa shape index (κ1) is 17.7. The van der Waals surface area contributed by atoms with Gasteiger partial charge in [-0.2, -0.15) is 5.10 Å². The Morgan fingerprint density at radius 2 is 1.88 bits per heavy atom. The molecule has 0 atom stereocenters. The molecule has 0 saturated carbocycles. The van der Waals surface area contributed by atoms with Crippen LogP contribution in [0.2, 0.25) is 0 Å². The lowest BCUT2D eigenvalue weighted by molar-refractivity contribution is -0.129. The normalized spacial score (nSPS) is 10.9. The van der Waals surface area contributed by atoms with E-state index in [2.05, 4.69) is 20.9 Å². The number of hydrogen-bond acceptors (Lipinski definition) is 3. The first-order valence-electron chi connectivity index (χ1n) is 8.19. The van der Waals surface area contributed by atoms with E-state index in [0.29, 0.717) is 10.9 Å². The number of aromatic amines is 1. The first-order chi connectivity index (χ1) is 12.3. The molecule has 0 spiro atoms. The second-order valence-corrected chi connectivity index (χ2v) is 6.28. The number of carbonyl (C=O) groups is 2. The van der Waals surface area contributed by atoms with Gasteiger partial charge in [0.1, 0.15) is 12.4 Å². The molecule has 0 aliphatic carbocycles. The summed E-state index contributed by atoms with van der Waals surface area (Å²) in [5, 5.41) is 4.85. The SMILES string of the molecule is Cc1cc(C)n(CC(=O)NNC(=O)Cc2c(C)[nH]c3ccc(F)cc23)n1. The second-order valence-electron chi connectivity index (χ2n) is 6.28. The number of fused-ring (bicyclic) bond motifs is 1. The molecular formula is C18H20FN5O2. The van der Waals surface area contributed by atoms with Gasteiger partial charge in [0.05, 0.1) is 12.1 Å². The Morgan fingerprint density at radius 3 is 2.58 bits per heavy atom. The fourth-order valence-corrected chi connectivity index (χ4v) is 2.94. The Hall–Kier alpha value is -3.16. The maximum absolute atomic E-state index is 13.5. The number of amides is 2. The summed E-state index contributed by atoms with van der Waals surface area (Å²) in [6.45, 7) is 5.53. The summed E-state index contributed by atoms with van der Waals surface area (Å²) in [4.78, 5) is 27.2. The third-order valence-electron chi connectivity index (χ3n) is 4.16. The van der Waals surface area contributed by atoms with Crippen LogP contribution in [0, 0.1) is 26.6 Å². The zero-order valence-electron chi connectivity index (χ0n) is 14.8. The summed E-state index contributed by atoms with van der Waals surface area (Å²) in [7, 11) is 0. The van der Waals surface area contributed by atoms with Gasteiger partial charge in [-0.25, -0.2) is 4.39 Å². The summed E-state index contributed by atoms with van der Waals surface area (Å²) in [5.74, 6) is -1.14. The molecule has 0 radical (unpaired) electrons. The van der Waals surface area contributed by atoms with Crippen molar-refractivity contribution in [3.63, 3.8) is 0 Å². The number of hydrogen-bond donors (Lipinski definition) is 3. The number of nitrogens with one attached hydrogen (secondary N) is 3. The third-order valence-corrected chi connectivity index (χ3v) is 4.16. The third kappa shape index (κ3) is 3.74. The number of H-pyrrole nitrogens is 1. The van der Waals surface area contributed by atoms with Gasteiger partial charge in [0.25, 0.3) is 5.91 Å². The van der Waals surface area contributed by atoms with Crippen LogP contribution in [0.1, 0.15) is 22.6 Å². The zero-order chi connectivity index (χ0) is 18.8. The van der Waals surface area contributed by atoms with Crippen LogP contribution in [-0.2, 0) is 22.6 Å². The highest BCUT2D eigenvalue weighted by atomic mass is 19.1. The highest BCUT2D eigenvalue weighted by Crippen LogP contribution is 2.23. The summed E-state index contributed by atoms with van der Waals surface area (Å²) in [6, 6.07) is 6.25. The molecular weight excluding hydrogens is 337 g/mol. The minimum atomic E-state index is -0.389. The molecule has 2 heterocycles. The van der Waals surface area contributed by atoms with Gasteiger partial charge >= 0.3 is 0 Å². The van der Waals surface area contributed by atoms with E-state index >= 15 is 0 Å². The molecule has 136 valence electrons. The molecule has 2 amide bonds. The lowest BCUT2D eigenvalue weighted by Crippen LogP contribution is -2.44. The van der Waals surface area contributed by atoms with Gasteiger partial charge in [-0.1, -0.05) is 0 Å². The van der Waals surface area contributed by atoms with E-state index in [1.165, 1.54) is 12.1 Å². The van der Waals surface area contributed by atoms with Crippen LogP contribution in [0.5, 0.6) is 0 Å². The van der Waals surface area contributed by atoms with Crippen molar-refractivity contribution in [3.05, 3.63) is 52.7 Å². The van der Waals surface area contributed by atoms with Crippen molar-refractivity contribution >= 4 is 22.7 Å². The maximum Gasteiger partial charge on any atom is 0.260 e. The molecule has 0 saturated heterocycles. The van der Waals surface area contributed by atoms with Crippen LogP contribution < -0.4 is 10.9 Å². The molecule has 1 aromatic carbocycles. The minimum absolute atomic E-state index is 0.0112. The van der Waals surface area contributed by atoms with Crippen LogP contribution >= 0.6 is 0 Å². The molecule has 8 heteroatoms. The molecule has 0 bridgehead atoms. The average molecular weight is 357 g/mol. The van der Waals surface area contributed by atoms with Crippen molar-refractivity contribution in [1.82, 2.24) is 25.6 Å². The highest BCUT2D eigenvalue weighted by Gasteiger charge is 2.14. The predicted molar refractivity (Wildman–Crippen MR) is 94.7 cm³/mol. The van der Waals surface area contributed by atoms with Crippen molar-refractivity contribution in [2.45, 2.75) is 33.7 Å². The van der Waals surface area contributed by atoms with Gasteiger partial charge in [0, 0.05) is 22.3 Å². The molecule has 3 aromatic rings. The average Bonchev–Trinajstić information content (AvgIpc) is 3.04. The van der Waals surface area contributed by atoms with Crippen LogP contribution in [0.15, 0.2) is 24.3 Å². The number of aromatic nitrogens is 3. The van der Waals surface area contributed by atoms with Crippen molar-refractivity contribution in [3.8, 4) is 0 Å². The predicted octanol–water partition coefficient (Wildman–Crippen LogP) is 1.82. The van der Waals surface area contributed by atoms with E-state index in [1.54, 1.807) is 10.7 Å². The Labute approximate surface area is 149 Å². The van der Waals surface area contributed by atoms with E-state index in [4.69, 9.17) is 0 Å². The maximum atomic E-state index is 13.5. The molecule has 3 rings (SSSR count). The molecule has 26 heavy (non-hydrogen) atoms. The number of nitrogens with zero attached hydrogens (tertiary/aromatic N) is 2. The highest BCUT2D eigenvalue weighted by molar-refractivity contribution is 5.90. The van der Waals surface area contributed by atoms with E-state index in [9.17, 15) is 14.0 Å². The minimum Gasteiger partial charge on any atom is -0.358 e. The van der Waals surface area contributed by atoms with E-state index in [1.807, 2.05) is 26.8 Å². The summed E-state index contributed by atoms with van der Waals surface area (Å²) >= 11 is 0. The molecule has 7 nitrogen and oxygen atoms in total. The van der Waals surface area contributed by atoms with Gasteiger partial charge in [-0.05, 0) is 50.6 Å². The topological polar surface area (TPSA) is 91.8 Å². The first-order valence-corrected chi connectivity index (χ1v) is 8.19. The van der Waals surface area contributed by atoms with E-state index < -0.39 is 0 Å². The lowest BCUT2D eigenvalue weighted by Gasteiger charge is -2.09. The standard InChI is InChI=1S/C18H20FN5O2/c1-10-6-11(2)24(23-10)9-18(26)22-21-17(25)8-14-12(3)20-16-5-4-13(19)7-15(14)16/h4-7,20H,8-9H2,1-3H3,(H,21,25)(H,22,26). The van der Waals surface area contributed by atoms with Crippen LogP contribution in [0.4, 0.5) is 4.39 Å². The molecule has 2 aromatic heterocycles. The number of benzene rings is 1. The van der Waals surface area contributed by atoms with Crippen LogP contribution in [0.3, 0.4) is 0 Å². The number of aryl methyl sites for hydroxylation is 3. The van der Waals surface area contributed by atoms with Crippen LogP contribution in [-0.4, -0.2) is 26.6 Å². The fourth-order valence-electron chi connectivity index (χ4n) is 2.94. The van der Waals surface area contributed by atoms with Crippen molar-refractivity contribution in [1.29, 1.82) is 0 Å². The van der Waals surface area contributed by atoms with Crippen molar-refractivity contribution < 1.29 is 14.0 Å². The fraction of sp³-hybridized carbons (Fsp3) is 0.278. The van der Waals surface area contributed by atoms with E-state index in [-0.39, 0.29) is 30.6 Å². The van der Waals surface area contributed by atoms with Gasteiger partial charge < -0.3 is 4.98 Å². The number of rotatable bonds is 4. The lowest BCUT2D eigenvalue weighted by atomic mass is 10.1. The molecule has 0 unspecified atom stereocenters. The number of hydrazine groups is 1. The van der Waals surface area contributed by atoms with Gasteiger partial charge in [0.2, 0.25) is 5.91 Å². The zero-order valence-corrected chi connectivity index (χ0v) is 14.8. The van der Waals surface area contributed by atoms with Gasteiger partial charge in [-0.3, -0.25) is 25.1 Å². The molecule has 0 aliphatic rings. The number of carbonyl (C=O) groups excluding carboxylic acids is 2. The molecule has 0 aliphatic heterocycles. The van der Waals surface area contributed by atoms with Gasteiger partial charge in [0.15, 0.2) is 0 Å². The summed E-state index contributed by atoms with van der Waals surface area (Å²) < 4.78 is 15.0. The largest absolute Gasteiger partial charge is 0.358 e. The Balaban J connectivity index is 1.61. The van der Waals surface area contributed by atoms with Crippen molar-refractivity contribution in [2.24, 2.45) is 0 Å². The Bertz CT molecular complexity index is 989. The summed E-state index contributed by atoms with van der Waals surface area (Å²) in [5.41, 5.74) is 8.69. The number of halogens is 1. The Kier molecular flexibility index (Phi) is 4.75. The monoisotopic (exact) mass is 357 g/mol. The molecule has 0 fully saturated rings. The summed E-state index contributed by atoms with van der Waals surface area (Å²) in [6.07, 6.45) is 0.0233. The molecule has 3 N–H and O–H groups in total. The Morgan fingerprint density at radius 1 is 1.15 bits per heavy atom.